The van der Waals surface area contributed by atoms with Gasteiger partial charge in [-0.05, 0) is 62.2 Å². The second-order valence-electron chi connectivity index (χ2n) is 6.61. The minimum absolute atomic E-state index is 0.578. The number of nitrogens with zero attached hydrogens (tertiary/aromatic N) is 3. The molecule has 0 unspecified atom stereocenters. The number of nitrogens with two attached hydrogens (primary N) is 1. The SMILES string of the molecule is CN(C(N)=NCCCN1CCCC1)c1ccc(-c2ccccc2)cc1. The molecule has 0 amide bonds. The Morgan fingerprint density at radius 1 is 1.00 bits per heavy atom. The van der Waals surface area contributed by atoms with Crippen LogP contribution in [0, 0.1) is 0 Å². The lowest BCUT2D eigenvalue weighted by molar-refractivity contribution is 0.336. The Morgan fingerprint density at radius 2 is 1.64 bits per heavy atom. The van der Waals surface area contributed by atoms with Crippen LogP contribution < -0.4 is 10.6 Å². The number of likely N-dealkylation sites (tertiary alicyclic amines) is 1. The molecular weight excluding hydrogens is 308 g/mol. The number of hydrogen-bond donors (Lipinski definition) is 1. The standard InChI is InChI=1S/C21H28N4/c1-24(21(22)23-14-7-17-25-15-5-6-16-25)20-12-10-19(11-13-20)18-8-3-2-4-9-18/h2-4,8-13H,5-7,14-17H2,1H3,(H2,22,23). The van der Waals surface area contributed by atoms with Crippen molar-refractivity contribution < 1.29 is 0 Å². The first-order chi connectivity index (χ1) is 12.2. The van der Waals surface area contributed by atoms with Crippen molar-refractivity contribution in [3.8, 4) is 11.1 Å². The number of anilines is 1. The smallest absolute Gasteiger partial charge is 0.195 e. The third kappa shape index (κ3) is 4.83. The molecule has 0 bridgehead atoms. The number of aliphatic imine (C=N–C) groups is 1. The zero-order valence-electron chi connectivity index (χ0n) is 15.1. The van der Waals surface area contributed by atoms with Crippen molar-refractivity contribution in [2.45, 2.75) is 19.3 Å². The number of benzene rings is 2. The molecule has 4 heteroatoms. The highest BCUT2D eigenvalue weighted by Crippen LogP contribution is 2.22. The zero-order valence-corrected chi connectivity index (χ0v) is 15.1. The fourth-order valence-electron chi connectivity index (χ4n) is 3.24. The van der Waals surface area contributed by atoms with Crippen LogP contribution in [0.2, 0.25) is 0 Å². The predicted molar refractivity (Wildman–Crippen MR) is 107 cm³/mol. The van der Waals surface area contributed by atoms with Gasteiger partial charge in [0.25, 0.3) is 0 Å². The summed E-state index contributed by atoms with van der Waals surface area (Å²) >= 11 is 0. The molecule has 4 nitrogen and oxygen atoms in total. The summed E-state index contributed by atoms with van der Waals surface area (Å²) in [4.78, 5) is 9.00. The van der Waals surface area contributed by atoms with E-state index in [0.29, 0.717) is 5.96 Å². The molecule has 2 aromatic carbocycles. The van der Waals surface area contributed by atoms with Gasteiger partial charge in [0.2, 0.25) is 0 Å². The van der Waals surface area contributed by atoms with E-state index < -0.39 is 0 Å². The van der Waals surface area contributed by atoms with E-state index in [2.05, 4.69) is 58.4 Å². The van der Waals surface area contributed by atoms with E-state index in [-0.39, 0.29) is 0 Å². The summed E-state index contributed by atoms with van der Waals surface area (Å²) in [6.45, 7) is 4.40. The normalized spacial score (nSPS) is 15.5. The largest absolute Gasteiger partial charge is 0.370 e. The lowest BCUT2D eigenvalue weighted by Crippen LogP contribution is -2.34. The van der Waals surface area contributed by atoms with Gasteiger partial charge in [0.05, 0.1) is 0 Å². The van der Waals surface area contributed by atoms with Crippen molar-refractivity contribution in [3.63, 3.8) is 0 Å². The van der Waals surface area contributed by atoms with Gasteiger partial charge in [-0.25, -0.2) is 0 Å². The number of hydrogen-bond acceptors (Lipinski definition) is 2. The molecule has 132 valence electrons. The fraction of sp³-hybridized carbons (Fsp3) is 0.381. The van der Waals surface area contributed by atoms with Crippen LogP contribution in [0.3, 0.4) is 0 Å². The first-order valence-corrected chi connectivity index (χ1v) is 9.15. The maximum Gasteiger partial charge on any atom is 0.195 e. The number of guanidine groups is 1. The van der Waals surface area contributed by atoms with Crippen LogP contribution in [0.25, 0.3) is 11.1 Å². The Morgan fingerprint density at radius 3 is 2.32 bits per heavy atom. The highest BCUT2D eigenvalue weighted by molar-refractivity contribution is 5.94. The predicted octanol–water partition coefficient (Wildman–Crippen LogP) is 3.59. The van der Waals surface area contributed by atoms with Gasteiger partial charge in [-0.3, -0.25) is 4.99 Å². The van der Waals surface area contributed by atoms with Crippen LogP contribution in [0.1, 0.15) is 19.3 Å². The van der Waals surface area contributed by atoms with Crippen LogP contribution in [0.15, 0.2) is 59.6 Å². The Balaban J connectivity index is 1.54. The Hall–Kier alpha value is -2.33. The first-order valence-electron chi connectivity index (χ1n) is 9.15. The van der Waals surface area contributed by atoms with Crippen LogP contribution >= 0.6 is 0 Å². The molecule has 0 atom stereocenters. The Kier molecular flexibility index (Phi) is 6.07. The van der Waals surface area contributed by atoms with Crippen molar-refractivity contribution in [1.82, 2.24) is 4.90 Å². The van der Waals surface area contributed by atoms with Crippen molar-refractivity contribution in [3.05, 3.63) is 54.6 Å². The third-order valence-corrected chi connectivity index (χ3v) is 4.81. The van der Waals surface area contributed by atoms with Gasteiger partial charge in [-0.1, -0.05) is 42.5 Å². The van der Waals surface area contributed by atoms with E-state index in [0.717, 1.165) is 25.2 Å². The van der Waals surface area contributed by atoms with Gasteiger partial charge in [0.15, 0.2) is 5.96 Å². The Labute approximate surface area is 151 Å². The van der Waals surface area contributed by atoms with Crippen molar-refractivity contribution in [1.29, 1.82) is 0 Å². The topological polar surface area (TPSA) is 44.9 Å². The van der Waals surface area contributed by atoms with Crippen LogP contribution in [0.4, 0.5) is 5.69 Å². The summed E-state index contributed by atoms with van der Waals surface area (Å²) in [5, 5.41) is 0. The maximum atomic E-state index is 6.15. The molecule has 0 saturated carbocycles. The molecule has 1 heterocycles. The summed E-state index contributed by atoms with van der Waals surface area (Å²) in [5.74, 6) is 0.578. The summed E-state index contributed by atoms with van der Waals surface area (Å²) in [6, 6.07) is 18.8. The summed E-state index contributed by atoms with van der Waals surface area (Å²) in [5.41, 5.74) is 9.64. The molecule has 1 saturated heterocycles. The number of rotatable bonds is 6. The quantitative estimate of drug-likeness (QED) is 0.498. The van der Waals surface area contributed by atoms with Crippen LogP contribution in [-0.4, -0.2) is 44.1 Å². The van der Waals surface area contributed by atoms with Crippen molar-refractivity contribution in [2.24, 2.45) is 10.7 Å². The summed E-state index contributed by atoms with van der Waals surface area (Å²) < 4.78 is 0. The van der Waals surface area contributed by atoms with Crippen LogP contribution in [-0.2, 0) is 0 Å². The molecule has 25 heavy (non-hydrogen) atoms. The lowest BCUT2D eigenvalue weighted by Gasteiger charge is -2.19. The van der Waals surface area contributed by atoms with Gasteiger partial charge < -0.3 is 15.5 Å². The maximum absolute atomic E-state index is 6.15. The fourth-order valence-corrected chi connectivity index (χ4v) is 3.24. The first kappa shape index (κ1) is 17.5. The van der Waals surface area contributed by atoms with E-state index >= 15 is 0 Å². The second-order valence-corrected chi connectivity index (χ2v) is 6.61. The molecule has 0 aliphatic carbocycles. The van der Waals surface area contributed by atoms with Crippen molar-refractivity contribution >= 4 is 11.6 Å². The van der Waals surface area contributed by atoms with Crippen molar-refractivity contribution in [2.75, 3.05) is 38.1 Å². The van der Waals surface area contributed by atoms with Gasteiger partial charge in [0, 0.05) is 19.3 Å². The third-order valence-electron chi connectivity index (χ3n) is 4.81. The van der Waals surface area contributed by atoms with Gasteiger partial charge in [-0.15, -0.1) is 0 Å². The monoisotopic (exact) mass is 336 g/mol. The molecular formula is C21H28N4. The average molecular weight is 336 g/mol. The average Bonchev–Trinajstić information content (AvgIpc) is 3.19. The Bertz CT molecular complexity index is 673. The molecule has 0 radical (unpaired) electrons. The van der Waals surface area contributed by atoms with E-state index in [1.807, 2.05) is 18.0 Å². The lowest BCUT2D eigenvalue weighted by atomic mass is 10.1. The second kappa shape index (κ2) is 8.67. The van der Waals surface area contributed by atoms with E-state index in [9.17, 15) is 0 Å². The van der Waals surface area contributed by atoms with Gasteiger partial charge in [0.1, 0.15) is 0 Å². The summed E-state index contributed by atoms with van der Waals surface area (Å²) in [6.07, 6.45) is 3.75. The minimum atomic E-state index is 0.578. The highest BCUT2D eigenvalue weighted by Gasteiger charge is 2.10. The molecule has 2 N–H and O–H groups in total. The van der Waals surface area contributed by atoms with E-state index in [1.165, 1.54) is 37.1 Å². The van der Waals surface area contributed by atoms with E-state index in [4.69, 9.17) is 5.73 Å². The summed E-state index contributed by atoms with van der Waals surface area (Å²) in [7, 11) is 1.97. The van der Waals surface area contributed by atoms with Crippen LogP contribution in [0.5, 0.6) is 0 Å². The molecule has 3 rings (SSSR count). The molecule has 1 aliphatic rings. The molecule has 0 aromatic heterocycles. The molecule has 1 aliphatic heterocycles. The highest BCUT2D eigenvalue weighted by atomic mass is 15.2. The van der Waals surface area contributed by atoms with Gasteiger partial charge >= 0.3 is 0 Å². The zero-order chi connectivity index (χ0) is 17.5. The van der Waals surface area contributed by atoms with E-state index in [1.54, 1.807) is 0 Å². The molecule has 0 spiro atoms. The van der Waals surface area contributed by atoms with Gasteiger partial charge in [-0.2, -0.15) is 0 Å². The molecule has 1 fully saturated rings. The molecule has 2 aromatic rings. The minimum Gasteiger partial charge on any atom is -0.370 e.